The summed E-state index contributed by atoms with van der Waals surface area (Å²) >= 11 is 0. The van der Waals surface area contributed by atoms with E-state index in [-0.39, 0.29) is 6.54 Å². The lowest BCUT2D eigenvalue weighted by Gasteiger charge is -2.22. The van der Waals surface area contributed by atoms with Crippen molar-refractivity contribution >= 4 is 15.8 Å². The van der Waals surface area contributed by atoms with Crippen molar-refractivity contribution in [1.82, 2.24) is 9.97 Å². The Bertz CT molecular complexity index is 451. The zero-order valence-electron chi connectivity index (χ0n) is 9.98. The monoisotopic (exact) mass is 243 g/mol. The molecule has 5 nitrogen and oxygen atoms in total. The maximum atomic E-state index is 11.4. The average Bonchev–Trinajstić information content (AvgIpc) is 2.15. The van der Waals surface area contributed by atoms with Gasteiger partial charge in [-0.25, -0.2) is 18.4 Å². The topological polar surface area (TPSA) is 72.0 Å². The number of hydrogen-bond donors (Lipinski definition) is 1. The molecule has 0 radical (unpaired) electrons. The van der Waals surface area contributed by atoms with E-state index in [1.807, 2.05) is 6.92 Å². The number of hydrogen-bond acceptors (Lipinski definition) is 5. The van der Waals surface area contributed by atoms with Crippen LogP contribution in [0.25, 0.3) is 0 Å². The first kappa shape index (κ1) is 12.9. The molecule has 90 valence electrons. The summed E-state index contributed by atoms with van der Waals surface area (Å²) < 4.78 is 22.1. The van der Waals surface area contributed by atoms with E-state index in [1.165, 1.54) is 6.26 Å². The average molecular weight is 243 g/mol. The predicted octanol–water partition coefficient (Wildman–Crippen LogP) is 1.02. The van der Waals surface area contributed by atoms with Crippen molar-refractivity contribution < 1.29 is 8.42 Å². The number of nitrogens with one attached hydrogen (secondary N) is 1. The molecule has 16 heavy (non-hydrogen) atoms. The molecule has 6 heteroatoms. The van der Waals surface area contributed by atoms with Crippen LogP contribution in [0.5, 0.6) is 0 Å². The second kappa shape index (κ2) is 4.37. The van der Waals surface area contributed by atoms with Gasteiger partial charge >= 0.3 is 0 Å². The van der Waals surface area contributed by atoms with Gasteiger partial charge < -0.3 is 5.32 Å². The van der Waals surface area contributed by atoms with Crippen LogP contribution in [-0.2, 0) is 9.84 Å². The van der Waals surface area contributed by atoms with Gasteiger partial charge in [0, 0.05) is 25.2 Å². The molecule has 0 saturated carbocycles. The van der Waals surface area contributed by atoms with E-state index in [1.54, 1.807) is 26.2 Å². The van der Waals surface area contributed by atoms with E-state index < -0.39 is 14.6 Å². The second-order valence-electron chi connectivity index (χ2n) is 4.47. The molecule has 1 heterocycles. The number of aryl methyl sites for hydroxylation is 1. The third kappa shape index (κ3) is 3.16. The molecule has 1 aromatic rings. The summed E-state index contributed by atoms with van der Waals surface area (Å²) in [4.78, 5) is 8.09. The van der Waals surface area contributed by atoms with Gasteiger partial charge in [-0.1, -0.05) is 0 Å². The Balaban J connectivity index is 2.68. The lowest BCUT2D eigenvalue weighted by atomic mass is 10.2. The molecule has 0 atom stereocenters. The summed E-state index contributed by atoms with van der Waals surface area (Å²) in [7, 11) is -3.10. The number of sulfone groups is 1. The highest BCUT2D eigenvalue weighted by Crippen LogP contribution is 2.15. The van der Waals surface area contributed by atoms with Crippen LogP contribution in [0.2, 0.25) is 0 Å². The fourth-order valence-corrected chi connectivity index (χ4v) is 1.24. The minimum Gasteiger partial charge on any atom is -0.353 e. The Morgan fingerprint density at radius 2 is 1.81 bits per heavy atom. The van der Waals surface area contributed by atoms with Crippen molar-refractivity contribution in [1.29, 1.82) is 0 Å². The van der Waals surface area contributed by atoms with E-state index in [0.717, 1.165) is 5.56 Å². The van der Waals surface area contributed by atoms with Crippen LogP contribution in [0, 0.1) is 6.92 Å². The van der Waals surface area contributed by atoms with Gasteiger partial charge in [-0.2, -0.15) is 0 Å². The van der Waals surface area contributed by atoms with Crippen LogP contribution in [0.15, 0.2) is 12.4 Å². The molecule has 0 unspecified atom stereocenters. The third-order valence-corrected chi connectivity index (χ3v) is 4.61. The quantitative estimate of drug-likeness (QED) is 0.854. The molecule has 0 aliphatic rings. The molecular formula is C10H17N3O2S. The molecule has 0 aliphatic carbocycles. The zero-order chi connectivity index (χ0) is 12.4. The Morgan fingerprint density at radius 1 is 1.31 bits per heavy atom. The lowest BCUT2D eigenvalue weighted by Crippen LogP contribution is -2.38. The number of anilines is 1. The lowest BCUT2D eigenvalue weighted by molar-refractivity contribution is 0.559. The summed E-state index contributed by atoms with van der Waals surface area (Å²) in [5, 5.41) is 2.92. The molecule has 0 amide bonds. The maximum absolute atomic E-state index is 11.4. The van der Waals surface area contributed by atoms with Crippen molar-refractivity contribution in [3.05, 3.63) is 18.0 Å². The smallest absolute Gasteiger partial charge is 0.222 e. The Hall–Kier alpha value is -1.17. The first-order valence-electron chi connectivity index (χ1n) is 4.94. The van der Waals surface area contributed by atoms with Crippen molar-refractivity contribution in [2.45, 2.75) is 25.5 Å². The Labute approximate surface area is 96.2 Å². The first-order valence-corrected chi connectivity index (χ1v) is 6.84. The third-order valence-electron chi connectivity index (χ3n) is 2.46. The van der Waals surface area contributed by atoms with Gasteiger partial charge in [0.15, 0.2) is 9.84 Å². The van der Waals surface area contributed by atoms with Gasteiger partial charge in [0.25, 0.3) is 0 Å². The summed E-state index contributed by atoms with van der Waals surface area (Å²) in [6.07, 6.45) is 4.59. The molecule has 0 spiro atoms. The fraction of sp³-hybridized carbons (Fsp3) is 0.600. The normalized spacial score (nSPS) is 12.5. The van der Waals surface area contributed by atoms with Crippen LogP contribution in [0.1, 0.15) is 19.4 Å². The predicted molar refractivity (Wildman–Crippen MR) is 64.2 cm³/mol. The first-order chi connectivity index (χ1) is 7.22. The van der Waals surface area contributed by atoms with Gasteiger partial charge in [-0.3, -0.25) is 0 Å². The largest absolute Gasteiger partial charge is 0.353 e. The molecule has 0 aliphatic heterocycles. The van der Waals surface area contributed by atoms with Crippen molar-refractivity contribution in [3.63, 3.8) is 0 Å². The number of nitrogens with zero attached hydrogens (tertiary/aromatic N) is 2. The van der Waals surface area contributed by atoms with Crippen LogP contribution in [0.4, 0.5) is 5.95 Å². The van der Waals surface area contributed by atoms with Crippen molar-refractivity contribution in [3.8, 4) is 0 Å². The summed E-state index contributed by atoms with van der Waals surface area (Å²) in [6, 6.07) is 0. The highest BCUT2D eigenvalue weighted by molar-refractivity contribution is 7.92. The minimum atomic E-state index is -3.10. The van der Waals surface area contributed by atoms with Crippen LogP contribution < -0.4 is 5.32 Å². The molecule has 1 N–H and O–H groups in total. The van der Waals surface area contributed by atoms with E-state index in [2.05, 4.69) is 15.3 Å². The van der Waals surface area contributed by atoms with Crippen molar-refractivity contribution in [2.75, 3.05) is 18.1 Å². The highest BCUT2D eigenvalue weighted by Gasteiger charge is 2.29. The van der Waals surface area contributed by atoms with Crippen LogP contribution in [0.3, 0.4) is 0 Å². The van der Waals surface area contributed by atoms with E-state index in [4.69, 9.17) is 0 Å². The molecule has 0 saturated heterocycles. The molecule has 1 rings (SSSR count). The summed E-state index contributed by atoms with van der Waals surface area (Å²) in [5.74, 6) is 0.447. The molecule has 1 aromatic heterocycles. The molecule has 0 bridgehead atoms. The van der Waals surface area contributed by atoms with E-state index in [0.29, 0.717) is 5.95 Å². The van der Waals surface area contributed by atoms with Gasteiger partial charge in [0.2, 0.25) is 5.95 Å². The SMILES string of the molecule is Cc1cnc(NCC(C)(C)S(C)(=O)=O)nc1. The van der Waals surface area contributed by atoms with E-state index >= 15 is 0 Å². The maximum Gasteiger partial charge on any atom is 0.222 e. The van der Waals surface area contributed by atoms with Gasteiger partial charge in [0.05, 0.1) is 4.75 Å². The fourth-order valence-electron chi connectivity index (χ4n) is 0.907. The Kier molecular flexibility index (Phi) is 3.52. The number of aromatic nitrogens is 2. The minimum absolute atomic E-state index is 0.287. The zero-order valence-corrected chi connectivity index (χ0v) is 10.8. The van der Waals surface area contributed by atoms with Crippen molar-refractivity contribution in [2.24, 2.45) is 0 Å². The highest BCUT2D eigenvalue weighted by atomic mass is 32.2. The van der Waals surface area contributed by atoms with Gasteiger partial charge in [-0.05, 0) is 26.3 Å². The van der Waals surface area contributed by atoms with Gasteiger partial charge in [-0.15, -0.1) is 0 Å². The molecular weight excluding hydrogens is 226 g/mol. The second-order valence-corrected chi connectivity index (χ2v) is 7.12. The number of rotatable bonds is 4. The van der Waals surface area contributed by atoms with Crippen LogP contribution >= 0.6 is 0 Å². The summed E-state index contributed by atoms with van der Waals surface area (Å²) in [5.41, 5.74) is 0.966. The standard InChI is InChI=1S/C10H17N3O2S/c1-8-5-11-9(12-6-8)13-7-10(2,3)16(4,14)15/h5-6H,7H2,1-4H3,(H,11,12,13). The van der Waals surface area contributed by atoms with Crippen LogP contribution in [-0.4, -0.2) is 35.9 Å². The van der Waals surface area contributed by atoms with Gasteiger partial charge in [0.1, 0.15) is 0 Å². The summed E-state index contributed by atoms with van der Waals surface area (Å²) in [6.45, 7) is 5.52. The molecule has 0 fully saturated rings. The molecule has 0 aromatic carbocycles. The Morgan fingerprint density at radius 3 is 2.25 bits per heavy atom. The van der Waals surface area contributed by atoms with E-state index in [9.17, 15) is 8.42 Å².